The summed E-state index contributed by atoms with van der Waals surface area (Å²) in [5.74, 6) is 0. The van der Waals surface area contributed by atoms with Gasteiger partial charge in [0, 0.05) is 53.6 Å². The van der Waals surface area contributed by atoms with E-state index in [4.69, 9.17) is 0 Å². The Hall–Kier alpha value is -6.94. The molecule has 55 heavy (non-hydrogen) atoms. The van der Waals surface area contributed by atoms with Crippen molar-refractivity contribution in [3.05, 3.63) is 206 Å². The Morgan fingerprint density at radius 2 is 1.00 bits per heavy atom. The second kappa shape index (κ2) is 12.9. The molecule has 11 rings (SSSR count). The molecule has 0 aliphatic heterocycles. The van der Waals surface area contributed by atoms with Crippen molar-refractivity contribution in [2.75, 3.05) is 4.90 Å². The summed E-state index contributed by atoms with van der Waals surface area (Å²) < 4.78 is 5.03. The van der Waals surface area contributed by atoms with Crippen molar-refractivity contribution in [1.29, 1.82) is 0 Å². The third-order valence-electron chi connectivity index (χ3n) is 11.0. The Kier molecular flexibility index (Phi) is 7.39. The summed E-state index contributed by atoms with van der Waals surface area (Å²) in [6.45, 7) is 0. The molecule has 0 saturated carbocycles. The van der Waals surface area contributed by atoms with Gasteiger partial charge < -0.3 is 9.47 Å². The van der Waals surface area contributed by atoms with Crippen molar-refractivity contribution >= 4 is 81.1 Å². The van der Waals surface area contributed by atoms with Crippen molar-refractivity contribution in [2.45, 2.75) is 0 Å². The van der Waals surface area contributed by atoms with E-state index in [0.29, 0.717) is 0 Å². The van der Waals surface area contributed by atoms with Crippen molar-refractivity contribution in [1.82, 2.24) is 4.57 Å². The van der Waals surface area contributed by atoms with E-state index in [9.17, 15) is 0 Å². The number of para-hydroxylation sites is 2. The van der Waals surface area contributed by atoms with E-state index < -0.39 is 0 Å². The zero-order valence-corrected chi connectivity index (χ0v) is 30.7. The summed E-state index contributed by atoms with van der Waals surface area (Å²) >= 11 is 1.86. The maximum atomic E-state index is 2.45. The lowest BCUT2D eigenvalue weighted by Gasteiger charge is -2.28. The lowest BCUT2D eigenvalue weighted by molar-refractivity contribution is 1.18. The molecule has 0 spiro atoms. The lowest BCUT2D eigenvalue weighted by atomic mass is 9.94. The minimum Gasteiger partial charge on any atom is -0.310 e. The topological polar surface area (TPSA) is 8.17 Å². The molecule has 2 nitrogen and oxygen atoms in total. The molecule has 0 radical (unpaired) electrons. The summed E-state index contributed by atoms with van der Waals surface area (Å²) in [4.78, 5) is 2.45. The van der Waals surface area contributed by atoms with Gasteiger partial charge in [-0.15, -0.1) is 11.3 Å². The number of nitrogens with zero attached hydrogens (tertiary/aromatic N) is 2. The second-order valence-electron chi connectivity index (χ2n) is 14.1. The molecule has 0 fully saturated rings. The minimum absolute atomic E-state index is 1.10. The van der Waals surface area contributed by atoms with Crippen LogP contribution in [0.25, 0.3) is 80.7 Å². The lowest BCUT2D eigenvalue weighted by Crippen LogP contribution is -2.11. The molecule has 2 aromatic heterocycles. The standard InChI is InChI=1S/C52H34N2S/c1-3-15-36(16-4-1)41-22-9-11-26-47(41)53(39-29-31-44-43-23-10-12-28-50(43)55-51(44)34-39)38-30-32-46-49(33-38)54(37-19-5-2-6-20-37)48-27-14-25-45(52(46)48)42-24-13-18-35-17-7-8-21-40(35)42/h1-34H. The number of rotatable bonds is 6. The molecule has 11 aromatic rings. The van der Waals surface area contributed by atoms with Crippen molar-refractivity contribution < 1.29 is 0 Å². The van der Waals surface area contributed by atoms with E-state index in [-0.39, 0.29) is 0 Å². The fourth-order valence-corrected chi connectivity index (χ4v) is 9.69. The average Bonchev–Trinajstić information content (AvgIpc) is 3.79. The van der Waals surface area contributed by atoms with Gasteiger partial charge in [-0.2, -0.15) is 0 Å². The third-order valence-corrected chi connectivity index (χ3v) is 12.1. The van der Waals surface area contributed by atoms with Crippen LogP contribution in [0.5, 0.6) is 0 Å². The molecular weight excluding hydrogens is 685 g/mol. The smallest absolute Gasteiger partial charge is 0.0562 e. The molecule has 0 aliphatic rings. The van der Waals surface area contributed by atoms with Gasteiger partial charge in [-0.1, -0.05) is 152 Å². The van der Waals surface area contributed by atoms with Gasteiger partial charge in [-0.3, -0.25) is 0 Å². The van der Waals surface area contributed by atoms with Crippen LogP contribution in [-0.2, 0) is 0 Å². The maximum absolute atomic E-state index is 2.45. The number of anilines is 3. The van der Waals surface area contributed by atoms with Gasteiger partial charge in [-0.05, 0) is 82.1 Å². The normalized spacial score (nSPS) is 11.6. The summed E-state index contributed by atoms with van der Waals surface area (Å²) in [5.41, 5.74) is 11.7. The summed E-state index contributed by atoms with van der Waals surface area (Å²) in [5, 5.41) is 7.58. The second-order valence-corrected chi connectivity index (χ2v) is 15.2. The Morgan fingerprint density at radius 3 is 1.87 bits per heavy atom. The van der Waals surface area contributed by atoms with Gasteiger partial charge in [0.25, 0.3) is 0 Å². The van der Waals surface area contributed by atoms with Crippen LogP contribution in [0.2, 0.25) is 0 Å². The van der Waals surface area contributed by atoms with Crippen LogP contribution in [0.15, 0.2) is 206 Å². The third kappa shape index (κ3) is 5.16. The van der Waals surface area contributed by atoms with Crippen LogP contribution in [0.4, 0.5) is 17.1 Å². The van der Waals surface area contributed by atoms with Crippen molar-refractivity contribution in [3.63, 3.8) is 0 Å². The highest BCUT2D eigenvalue weighted by atomic mass is 32.1. The predicted octanol–water partition coefficient (Wildman–Crippen LogP) is 15.1. The first kappa shape index (κ1) is 31.6. The van der Waals surface area contributed by atoms with Crippen LogP contribution in [-0.4, -0.2) is 4.57 Å². The van der Waals surface area contributed by atoms with E-state index in [1.807, 2.05) is 11.3 Å². The number of thiophene rings is 1. The Bertz CT molecular complexity index is 3200. The van der Waals surface area contributed by atoms with Gasteiger partial charge in [0.2, 0.25) is 0 Å². The van der Waals surface area contributed by atoms with Crippen molar-refractivity contribution in [2.24, 2.45) is 0 Å². The van der Waals surface area contributed by atoms with Gasteiger partial charge in [0.05, 0.1) is 16.7 Å². The summed E-state index contributed by atoms with van der Waals surface area (Å²) in [7, 11) is 0. The van der Waals surface area contributed by atoms with Crippen LogP contribution >= 0.6 is 11.3 Å². The van der Waals surface area contributed by atoms with Gasteiger partial charge >= 0.3 is 0 Å². The molecule has 0 amide bonds. The first-order valence-corrected chi connectivity index (χ1v) is 19.6. The molecule has 0 unspecified atom stereocenters. The monoisotopic (exact) mass is 718 g/mol. The summed E-state index contributed by atoms with van der Waals surface area (Å²) in [6.07, 6.45) is 0. The molecule has 0 aliphatic carbocycles. The van der Waals surface area contributed by atoms with Crippen LogP contribution in [0, 0.1) is 0 Å². The highest BCUT2D eigenvalue weighted by Gasteiger charge is 2.22. The highest BCUT2D eigenvalue weighted by molar-refractivity contribution is 7.25. The quantitative estimate of drug-likeness (QED) is 0.166. The minimum atomic E-state index is 1.10. The number of hydrogen-bond donors (Lipinski definition) is 0. The first-order valence-electron chi connectivity index (χ1n) is 18.8. The predicted molar refractivity (Wildman–Crippen MR) is 237 cm³/mol. The molecule has 0 bridgehead atoms. The number of hydrogen-bond acceptors (Lipinski definition) is 2. The SMILES string of the molecule is c1ccc(-c2ccccc2N(c2ccc3c(c2)sc2ccccc23)c2ccc3c4c(-c5cccc6ccccc56)cccc4n(-c4ccccc4)c3c2)cc1. The Balaban J connectivity index is 1.21. The van der Waals surface area contributed by atoms with E-state index in [1.54, 1.807) is 0 Å². The fourth-order valence-electron chi connectivity index (χ4n) is 8.55. The van der Waals surface area contributed by atoms with Gasteiger partial charge in [0.1, 0.15) is 0 Å². The van der Waals surface area contributed by atoms with Gasteiger partial charge in [-0.25, -0.2) is 0 Å². The fraction of sp³-hybridized carbons (Fsp3) is 0. The number of fused-ring (bicyclic) bond motifs is 7. The molecule has 2 heterocycles. The average molecular weight is 719 g/mol. The van der Waals surface area contributed by atoms with E-state index in [1.165, 1.54) is 69.5 Å². The number of benzene rings is 9. The van der Waals surface area contributed by atoms with Crippen LogP contribution in [0.3, 0.4) is 0 Å². The zero-order chi connectivity index (χ0) is 36.3. The van der Waals surface area contributed by atoms with Crippen LogP contribution < -0.4 is 4.90 Å². The highest BCUT2D eigenvalue weighted by Crippen LogP contribution is 2.46. The molecule has 3 heteroatoms. The van der Waals surface area contributed by atoms with E-state index >= 15 is 0 Å². The van der Waals surface area contributed by atoms with Crippen LogP contribution in [0.1, 0.15) is 0 Å². The Labute approximate surface area is 323 Å². The molecule has 9 aromatic carbocycles. The Morgan fingerprint density at radius 1 is 0.382 bits per heavy atom. The molecule has 0 N–H and O–H groups in total. The largest absolute Gasteiger partial charge is 0.310 e. The first-order chi connectivity index (χ1) is 27.3. The van der Waals surface area contributed by atoms with Crippen molar-refractivity contribution in [3.8, 4) is 27.9 Å². The zero-order valence-electron chi connectivity index (χ0n) is 29.9. The van der Waals surface area contributed by atoms with Gasteiger partial charge in [0.15, 0.2) is 0 Å². The van der Waals surface area contributed by atoms with E-state index in [2.05, 4.69) is 216 Å². The molecule has 258 valence electrons. The maximum Gasteiger partial charge on any atom is 0.0562 e. The summed E-state index contributed by atoms with van der Waals surface area (Å²) in [6, 6.07) is 75.2. The molecule has 0 saturated heterocycles. The molecular formula is C52H34N2S. The van der Waals surface area contributed by atoms with E-state index in [0.717, 1.165) is 28.3 Å². The number of aromatic nitrogens is 1. The molecule has 0 atom stereocenters.